The summed E-state index contributed by atoms with van der Waals surface area (Å²) in [7, 11) is 0. The molecule has 0 bridgehead atoms. The van der Waals surface area contributed by atoms with Gasteiger partial charge in [0.15, 0.2) is 5.69 Å². The lowest BCUT2D eigenvalue weighted by Crippen LogP contribution is -2.15. The third-order valence-corrected chi connectivity index (χ3v) is 3.16. The van der Waals surface area contributed by atoms with Crippen LogP contribution in [0.25, 0.3) is 0 Å². The van der Waals surface area contributed by atoms with Crippen LogP contribution in [-0.4, -0.2) is 29.3 Å². The van der Waals surface area contributed by atoms with Crippen LogP contribution >= 0.6 is 0 Å². The molecule has 1 amide bonds. The van der Waals surface area contributed by atoms with Crippen molar-refractivity contribution < 1.29 is 9.53 Å². The zero-order valence-corrected chi connectivity index (χ0v) is 13.5. The molecule has 1 heterocycles. The molecule has 0 spiro atoms. The van der Waals surface area contributed by atoms with Gasteiger partial charge in [-0.15, -0.1) is 10.2 Å². The largest absolute Gasteiger partial charge is 0.494 e. The van der Waals surface area contributed by atoms with Crippen LogP contribution in [0.15, 0.2) is 36.4 Å². The number of ether oxygens (including phenoxy) is 1. The number of carbonyl (C=O) groups is 1. The van der Waals surface area contributed by atoms with E-state index in [9.17, 15) is 4.79 Å². The first kappa shape index (κ1) is 16.7. The molecule has 1 aromatic carbocycles. The lowest BCUT2D eigenvalue weighted by molar-refractivity contribution is 0.102. The highest BCUT2D eigenvalue weighted by atomic mass is 16.5. The number of rotatable bonds is 8. The first-order valence-corrected chi connectivity index (χ1v) is 7.84. The Morgan fingerprint density at radius 3 is 2.48 bits per heavy atom. The smallest absolute Gasteiger partial charge is 0.276 e. The molecule has 2 N–H and O–H groups in total. The lowest BCUT2D eigenvalue weighted by Gasteiger charge is -2.07. The normalized spacial score (nSPS) is 10.2. The first-order valence-electron chi connectivity index (χ1n) is 7.84. The molecule has 0 aliphatic heterocycles. The van der Waals surface area contributed by atoms with Gasteiger partial charge in [0.05, 0.1) is 6.61 Å². The van der Waals surface area contributed by atoms with E-state index < -0.39 is 0 Å². The van der Waals surface area contributed by atoms with E-state index in [2.05, 4.69) is 27.8 Å². The number of benzene rings is 1. The van der Waals surface area contributed by atoms with Gasteiger partial charge in [-0.2, -0.15) is 0 Å². The van der Waals surface area contributed by atoms with Crippen molar-refractivity contribution in [1.29, 1.82) is 0 Å². The molecule has 0 atom stereocenters. The van der Waals surface area contributed by atoms with Crippen LogP contribution in [-0.2, 0) is 0 Å². The average Bonchev–Trinajstić information content (AvgIpc) is 2.58. The van der Waals surface area contributed by atoms with Crippen LogP contribution in [0.3, 0.4) is 0 Å². The summed E-state index contributed by atoms with van der Waals surface area (Å²) in [6.45, 7) is 5.51. The Kier molecular flexibility index (Phi) is 6.35. The average molecular weight is 314 g/mol. The van der Waals surface area contributed by atoms with Crippen molar-refractivity contribution in [3.63, 3.8) is 0 Å². The number of nitrogens with zero attached hydrogens (tertiary/aromatic N) is 2. The molecule has 0 fully saturated rings. The van der Waals surface area contributed by atoms with Gasteiger partial charge in [-0.1, -0.05) is 13.3 Å². The van der Waals surface area contributed by atoms with E-state index in [1.807, 2.05) is 19.1 Å². The van der Waals surface area contributed by atoms with Gasteiger partial charge in [0.25, 0.3) is 5.91 Å². The third-order valence-electron chi connectivity index (χ3n) is 3.16. The highest BCUT2D eigenvalue weighted by molar-refractivity contribution is 6.02. The molecule has 122 valence electrons. The fourth-order valence-electron chi connectivity index (χ4n) is 1.94. The van der Waals surface area contributed by atoms with Gasteiger partial charge in [-0.25, -0.2) is 0 Å². The minimum absolute atomic E-state index is 0.278. The minimum Gasteiger partial charge on any atom is -0.494 e. The first-order chi connectivity index (χ1) is 11.2. The van der Waals surface area contributed by atoms with Crippen LogP contribution in [0, 0.1) is 0 Å². The zero-order chi connectivity index (χ0) is 16.5. The number of nitrogens with one attached hydrogen (secondary N) is 2. The third kappa shape index (κ3) is 5.25. The molecular weight excluding hydrogens is 292 g/mol. The predicted molar refractivity (Wildman–Crippen MR) is 91.0 cm³/mol. The highest BCUT2D eigenvalue weighted by Gasteiger charge is 2.08. The van der Waals surface area contributed by atoms with Crippen molar-refractivity contribution in [3.8, 4) is 5.75 Å². The zero-order valence-electron chi connectivity index (χ0n) is 13.5. The Morgan fingerprint density at radius 1 is 1.09 bits per heavy atom. The summed E-state index contributed by atoms with van der Waals surface area (Å²) in [5.41, 5.74) is 0.963. The quantitative estimate of drug-likeness (QED) is 0.731. The van der Waals surface area contributed by atoms with E-state index in [-0.39, 0.29) is 11.6 Å². The standard InChI is InChI=1S/C17H22N4O2/c1-3-5-12-18-16-11-10-15(20-21-16)17(22)19-13-6-8-14(9-7-13)23-4-2/h6-11H,3-5,12H2,1-2H3,(H,18,21)(H,19,22). The SMILES string of the molecule is CCCCNc1ccc(C(=O)Nc2ccc(OCC)cc2)nn1. The van der Waals surface area contributed by atoms with Crippen LogP contribution in [0.4, 0.5) is 11.5 Å². The molecular formula is C17H22N4O2. The van der Waals surface area contributed by atoms with Gasteiger partial charge < -0.3 is 15.4 Å². The molecule has 0 saturated heterocycles. The van der Waals surface area contributed by atoms with E-state index in [4.69, 9.17) is 4.74 Å². The van der Waals surface area contributed by atoms with Crippen molar-refractivity contribution in [2.24, 2.45) is 0 Å². The summed E-state index contributed by atoms with van der Waals surface area (Å²) in [5.74, 6) is 1.16. The Bertz CT molecular complexity index is 611. The molecule has 0 unspecified atom stereocenters. The number of anilines is 2. The molecule has 0 saturated carbocycles. The van der Waals surface area contributed by atoms with Gasteiger partial charge in [0, 0.05) is 12.2 Å². The molecule has 2 aromatic rings. The Balaban J connectivity index is 1.92. The maximum Gasteiger partial charge on any atom is 0.276 e. The second-order valence-corrected chi connectivity index (χ2v) is 5.00. The number of hydrogen-bond donors (Lipinski definition) is 2. The topological polar surface area (TPSA) is 76.1 Å². The van der Waals surface area contributed by atoms with E-state index >= 15 is 0 Å². The van der Waals surface area contributed by atoms with Gasteiger partial charge >= 0.3 is 0 Å². The monoisotopic (exact) mass is 314 g/mol. The minimum atomic E-state index is -0.290. The second-order valence-electron chi connectivity index (χ2n) is 5.00. The number of carbonyl (C=O) groups excluding carboxylic acids is 1. The van der Waals surface area contributed by atoms with E-state index in [0.29, 0.717) is 18.1 Å². The summed E-state index contributed by atoms with van der Waals surface area (Å²) in [6, 6.07) is 10.6. The summed E-state index contributed by atoms with van der Waals surface area (Å²) in [6.07, 6.45) is 2.19. The van der Waals surface area contributed by atoms with E-state index in [0.717, 1.165) is 25.1 Å². The van der Waals surface area contributed by atoms with Crippen molar-refractivity contribution in [2.75, 3.05) is 23.8 Å². The van der Waals surface area contributed by atoms with Crippen molar-refractivity contribution >= 4 is 17.4 Å². The second kappa shape index (κ2) is 8.73. The summed E-state index contributed by atoms with van der Waals surface area (Å²) >= 11 is 0. The van der Waals surface area contributed by atoms with Gasteiger partial charge in [-0.05, 0) is 49.7 Å². The van der Waals surface area contributed by atoms with Crippen LogP contribution in [0.1, 0.15) is 37.2 Å². The van der Waals surface area contributed by atoms with E-state index in [1.54, 1.807) is 24.3 Å². The van der Waals surface area contributed by atoms with Crippen molar-refractivity contribution in [3.05, 3.63) is 42.1 Å². The predicted octanol–water partition coefficient (Wildman–Crippen LogP) is 3.34. The highest BCUT2D eigenvalue weighted by Crippen LogP contribution is 2.16. The lowest BCUT2D eigenvalue weighted by atomic mass is 10.3. The molecule has 0 aliphatic rings. The number of hydrogen-bond acceptors (Lipinski definition) is 5. The Labute approximate surface area is 136 Å². The summed E-state index contributed by atoms with van der Waals surface area (Å²) < 4.78 is 5.36. The fraction of sp³-hybridized carbons (Fsp3) is 0.353. The summed E-state index contributed by atoms with van der Waals surface area (Å²) in [4.78, 5) is 12.1. The summed E-state index contributed by atoms with van der Waals surface area (Å²) in [5, 5.41) is 13.9. The molecule has 6 nitrogen and oxygen atoms in total. The van der Waals surface area contributed by atoms with Crippen LogP contribution in [0.5, 0.6) is 5.75 Å². The van der Waals surface area contributed by atoms with Crippen LogP contribution < -0.4 is 15.4 Å². The number of amides is 1. The molecule has 0 aliphatic carbocycles. The maximum absolute atomic E-state index is 12.1. The Morgan fingerprint density at radius 2 is 1.87 bits per heavy atom. The molecule has 6 heteroatoms. The number of unbranched alkanes of at least 4 members (excludes halogenated alkanes) is 1. The van der Waals surface area contributed by atoms with Gasteiger partial charge in [-0.3, -0.25) is 4.79 Å². The maximum atomic E-state index is 12.1. The van der Waals surface area contributed by atoms with E-state index in [1.165, 1.54) is 0 Å². The van der Waals surface area contributed by atoms with Gasteiger partial charge in [0.2, 0.25) is 0 Å². The fourth-order valence-corrected chi connectivity index (χ4v) is 1.94. The molecule has 1 aromatic heterocycles. The number of aromatic nitrogens is 2. The molecule has 23 heavy (non-hydrogen) atoms. The molecule has 2 rings (SSSR count). The van der Waals surface area contributed by atoms with Crippen LogP contribution in [0.2, 0.25) is 0 Å². The molecule has 0 radical (unpaired) electrons. The Hall–Kier alpha value is -2.63. The van der Waals surface area contributed by atoms with Crippen molar-refractivity contribution in [2.45, 2.75) is 26.7 Å². The van der Waals surface area contributed by atoms with Gasteiger partial charge in [0.1, 0.15) is 11.6 Å². The van der Waals surface area contributed by atoms with Crippen molar-refractivity contribution in [1.82, 2.24) is 10.2 Å².